The molecule has 68 valence electrons. The third-order valence-corrected chi connectivity index (χ3v) is 1.74. The highest BCUT2D eigenvalue weighted by Gasteiger charge is 2.06. The maximum Gasteiger partial charge on any atom is 0.337 e. The quantitative estimate of drug-likeness (QED) is 0.577. The van der Waals surface area contributed by atoms with Crippen molar-refractivity contribution >= 4 is 27.6 Å². The molecule has 0 aliphatic rings. The number of carbonyl (C=O) groups is 1. The van der Waals surface area contributed by atoms with Gasteiger partial charge in [0.15, 0.2) is 0 Å². The van der Waals surface area contributed by atoms with Gasteiger partial charge in [-0.05, 0) is 18.2 Å². The molecule has 1 aromatic rings. The molecule has 3 N–H and O–H groups in total. The van der Waals surface area contributed by atoms with Crippen LogP contribution in [0.3, 0.4) is 0 Å². The van der Waals surface area contributed by atoms with Crippen LogP contribution in [0.4, 0.5) is 5.69 Å². The van der Waals surface area contributed by atoms with Gasteiger partial charge < -0.3 is 10.8 Å². The zero-order valence-electron chi connectivity index (χ0n) is 6.44. The summed E-state index contributed by atoms with van der Waals surface area (Å²) >= 11 is 3.17. The van der Waals surface area contributed by atoms with Gasteiger partial charge in [-0.25, -0.2) is 4.79 Å². The van der Waals surface area contributed by atoms with Gasteiger partial charge in [-0.2, -0.15) is 0 Å². The number of hydrogen-bond donors (Lipinski definition) is 2. The first kappa shape index (κ1) is 11.4. The minimum Gasteiger partial charge on any atom is -0.478 e. The number of nitrogen functional groups attached to an aromatic ring is 1. The number of carboxylic acids is 1. The van der Waals surface area contributed by atoms with Gasteiger partial charge in [0.1, 0.15) is 0 Å². The fraction of sp³-hybridized carbons (Fsp3) is 0. The van der Waals surface area contributed by atoms with Crippen LogP contribution in [0.5, 0.6) is 0 Å². The highest BCUT2D eigenvalue weighted by Crippen LogP contribution is 2.17. The van der Waals surface area contributed by atoms with Gasteiger partial charge in [0.2, 0.25) is 0 Å². The Morgan fingerprint density at radius 2 is 2.00 bits per heavy atom. The van der Waals surface area contributed by atoms with Crippen molar-refractivity contribution in [3.8, 4) is 0 Å². The van der Waals surface area contributed by atoms with E-state index in [0.29, 0.717) is 0 Å². The summed E-state index contributed by atoms with van der Waals surface area (Å²) in [5, 5.41) is 20.6. The van der Waals surface area contributed by atoms with Crippen molar-refractivity contribution in [2.24, 2.45) is 0 Å². The van der Waals surface area contributed by atoms with Crippen LogP contribution in [0, 0.1) is 10.8 Å². The number of anilines is 1. The Morgan fingerprint density at radius 1 is 1.46 bits per heavy atom. The van der Waals surface area contributed by atoms with E-state index in [2.05, 4.69) is 15.9 Å². The molecule has 0 aliphatic carbocycles. The van der Waals surface area contributed by atoms with E-state index in [0.717, 1.165) is 4.47 Å². The van der Waals surface area contributed by atoms with E-state index in [1.807, 2.05) is 0 Å². The maximum atomic E-state index is 10.4. The zero-order chi connectivity index (χ0) is 10.4. The van der Waals surface area contributed by atoms with Crippen LogP contribution in [0.1, 0.15) is 10.4 Å². The van der Waals surface area contributed by atoms with Gasteiger partial charge >= 0.3 is 5.97 Å². The molecule has 1 rings (SSSR count). The summed E-state index contributed by atoms with van der Waals surface area (Å²) in [5.74, 6) is -1.00. The Balaban J connectivity index is 0.000000671. The number of nitrogens with zero attached hydrogens (tertiary/aromatic N) is 2. The molecule has 1 aromatic carbocycles. The molecule has 0 aromatic heterocycles. The second kappa shape index (κ2) is 5.11. The molecule has 0 radical (unpaired) electrons. The maximum absolute atomic E-state index is 10.4. The molecule has 0 atom stereocenters. The van der Waals surface area contributed by atoms with Crippen molar-refractivity contribution in [2.45, 2.75) is 0 Å². The molecule has 5 nitrogen and oxygen atoms in total. The standard InChI is InChI=1S/C7H6BrNO2.N2/c8-4-1-2-5(7(10)11)6(9)3-4;1-2/h1-3H,9H2,(H,10,11);. The molecule has 0 saturated carbocycles. The largest absolute Gasteiger partial charge is 0.478 e. The van der Waals surface area contributed by atoms with Crippen LogP contribution >= 0.6 is 15.9 Å². The predicted molar refractivity (Wildman–Crippen MR) is 49.0 cm³/mol. The molecule has 0 unspecified atom stereocenters. The normalized spacial score (nSPS) is 8.23. The third-order valence-electron chi connectivity index (χ3n) is 1.24. The Morgan fingerprint density at radius 3 is 2.38 bits per heavy atom. The minimum absolute atomic E-state index is 0.133. The Kier molecular flexibility index (Phi) is 4.48. The van der Waals surface area contributed by atoms with Crippen LogP contribution < -0.4 is 5.73 Å². The molecule has 0 spiro atoms. The third kappa shape index (κ3) is 3.09. The number of aromatic carboxylic acids is 1. The summed E-state index contributed by atoms with van der Waals surface area (Å²) in [5.41, 5.74) is 5.81. The molecule has 6 heteroatoms. The van der Waals surface area contributed by atoms with Gasteiger partial charge in [-0.3, -0.25) is 0 Å². The molecular formula is C7H6BrN3O2. The number of benzene rings is 1. The summed E-state index contributed by atoms with van der Waals surface area (Å²) in [6.45, 7) is 0. The molecule has 0 saturated heterocycles. The van der Waals surface area contributed by atoms with E-state index in [1.165, 1.54) is 6.07 Å². The minimum atomic E-state index is -1.00. The van der Waals surface area contributed by atoms with Gasteiger partial charge in [-0.1, -0.05) is 15.9 Å². The van der Waals surface area contributed by atoms with Crippen molar-refractivity contribution in [3.63, 3.8) is 0 Å². The van der Waals surface area contributed by atoms with Crippen LogP contribution in [-0.2, 0) is 0 Å². The molecule has 0 bridgehead atoms. The zero-order valence-corrected chi connectivity index (χ0v) is 8.02. The van der Waals surface area contributed by atoms with Gasteiger partial charge in [0.05, 0.1) is 5.56 Å². The second-order valence-corrected chi connectivity index (χ2v) is 2.95. The van der Waals surface area contributed by atoms with Gasteiger partial charge in [-0.15, -0.1) is 0 Å². The molecule has 0 heterocycles. The molecule has 0 aliphatic heterocycles. The van der Waals surface area contributed by atoms with Gasteiger partial charge in [0, 0.05) is 20.9 Å². The Labute approximate surface area is 82.7 Å². The first-order chi connectivity index (χ1) is 6.11. The molecular weight excluding hydrogens is 238 g/mol. The van der Waals surface area contributed by atoms with Crippen molar-refractivity contribution in [2.75, 3.05) is 5.73 Å². The monoisotopic (exact) mass is 243 g/mol. The van der Waals surface area contributed by atoms with Crippen molar-refractivity contribution < 1.29 is 9.90 Å². The fourth-order valence-electron chi connectivity index (χ4n) is 0.728. The van der Waals surface area contributed by atoms with Crippen LogP contribution in [0.15, 0.2) is 22.7 Å². The fourth-order valence-corrected chi connectivity index (χ4v) is 1.11. The lowest BCUT2D eigenvalue weighted by atomic mass is 10.2. The van der Waals surface area contributed by atoms with E-state index in [1.54, 1.807) is 12.1 Å². The van der Waals surface area contributed by atoms with Crippen LogP contribution in [0.2, 0.25) is 0 Å². The SMILES string of the molecule is N#N.Nc1cc(Br)ccc1C(=O)O. The van der Waals surface area contributed by atoms with E-state index in [9.17, 15) is 4.79 Å². The molecule has 0 amide bonds. The summed E-state index contributed by atoms with van der Waals surface area (Å²) in [6, 6.07) is 4.66. The first-order valence-electron chi connectivity index (χ1n) is 3.09. The lowest BCUT2D eigenvalue weighted by molar-refractivity contribution is 0.0698. The Hall–Kier alpha value is -1.61. The molecule has 0 fully saturated rings. The average molecular weight is 244 g/mol. The van der Waals surface area contributed by atoms with E-state index in [-0.39, 0.29) is 11.3 Å². The van der Waals surface area contributed by atoms with Crippen molar-refractivity contribution in [3.05, 3.63) is 28.2 Å². The number of hydrogen-bond acceptors (Lipinski definition) is 4. The van der Waals surface area contributed by atoms with Crippen LogP contribution in [0.25, 0.3) is 0 Å². The Bertz CT molecular complexity index is 338. The summed E-state index contributed by atoms with van der Waals surface area (Å²) in [4.78, 5) is 10.4. The average Bonchev–Trinajstić information content (AvgIpc) is 2.07. The first-order valence-corrected chi connectivity index (χ1v) is 3.89. The number of carboxylic acid groups (broad SMARTS) is 1. The lowest BCUT2D eigenvalue weighted by Crippen LogP contribution is -2.01. The topological polar surface area (TPSA) is 111 Å². The number of nitrogens with two attached hydrogens (primary N) is 1. The highest BCUT2D eigenvalue weighted by molar-refractivity contribution is 9.10. The van der Waals surface area contributed by atoms with E-state index in [4.69, 9.17) is 21.6 Å². The predicted octanol–water partition coefficient (Wildman–Crippen LogP) is 1.76. The second-order valence-electron chi connectivity index (χ2n) is 2.04. The number of halogens is 1. The lowest BCUT2D eigenvalue weighted by Gasteiger charge is -1.99. The molecule has 13 heavy (non-hydrogen) atoms. The van der Waals surface area contributed by atoms with E-state index >= 15 is 0 Å². The van der Waals surface area contributed by atoms with Crippen LogP contribution in [-0.4, -0.2) is 11.1 Å². The van der Waals surface area contributed by atoms with Crippen molar-refractivity contribution in [1.82, 2.24) is 0 Å². The summed E-state index contributed by atoms with van der Waals surface area (Å²) < 4.78 is 0.778. The van der Waals surface area contributed by atoms with E-state index < -0.39 is 5.97 Å². The highest BCUT2D eigenvalue weighted by atomic mass is 79.9. The summed E-state index contributed by atoms with van der Waals surface area (Å²) in [6.07, 6.45) is 0. The summed E-state index contributed by atoms with van der Waals surface area (Å²) in [7, 11) is 0. The van der Waals surface area contributed by atoms with Crippen molar-refractivity contribution in [1.29, 1.82) is 10.8 Å². The smallest absolute Gasteiger partial charge is 0.337 e. The van der Waals surface area contributed by atoms with Gasteiger partial charge in [0.25, 0.3) is 0 Å². The number of rotatable bonds is 1.